The fraction of sp³-hybridized carbons (Fsp3) is 0.0667. The Balaban J connectivity index is 2.12. The van der Waals surface area contributed by atoms with Gasteiger partial charge in [-0.25, -0.2) is 4.79 Å². The normalized spacial score (nSPS) is 11.3. The molecule has 0 spiro atoms. The molecule has 0 unspecified atom stereocenters. The lowest BCUT2D eigenvalue weighted by molar-refractivity contribution is 0.0516. The van der Waals surface area contributed by atoms with E-state index in [0.717, 1.165) is 5.56 Å². The van der Waals surface area contributed by atoms with Gasteiger partial charge in [0.15, 0.2) is 5.84 Å². The zero-order valence-electron chi connectivity index (χ0n) is 11.1. The molecule has 0 aliphatic rings. The molecular formula is C15H12Cl2N2O2. The minimum atomic E-state index is -0.670. The summed E-state index contributed by atoms with van der Waals surface area (Å²) in [4.78, 5) is 16.7. The molecule has 21 heavy (non-hydrogen) atoms. The molecule has 0 aromatic heterocycles. The van der Waals surface area contributed by atoms with Crippen LogP contribution in [0.25, 0.3) is 0 Å². The molecule has 2 rings (SSSR count). The third-order valence-corrected chi connectivity index (χ3v) is 3.28. The Hall–Kier alpha value is -2.04. The summed E-state index contributed by atoms with van der Waals surface area (Å²) in [6.07, 6.45) is 0. The lowest BCUT2D eigenvalue weighted by atomic mass is 10.1. The Morgan fingerprint density at radius 2 is 1.81 bits per heavy atom. The van der Waals surface area contributed by atoms with Crippen LogP contribution in [0.3, 0.4) is 0 Å². The van der Waals surface area contributed by atoms with Crippen molar-refractivity contribution in [3.05, 3.63) is 69.2 Å². The van der Waals surface area contributed by atoms with Gasteiger partial charge >= 0.3 is 5.97 Å². The van der Waals surface area contributed by atoms with Crippen LogP contribution in [0.5, 0.6) is 0 Å². The van der Waals surface area contributed by atoms with Gasteiger partial charge in [-0.3, -0.25) is 0 Å². The number of hydrogen-bond donors (Lipinski definition) is 1. The molecule has 2 N–H and O–H groups in total. The molecule has 108 valence electrons. The Morgan fingerprint density at radius 1 is 1.14 bits per heavy atom. The van der Waals surface area contributed by atoms with Gasteiger partial charge in [0, 0.05) is 10.6 Å². The molecule has 0 radical (unpaired) electrons. The molecule has 0 bridgehead atoms. The monoisotopic (exact) mass is 322 g/mol. The maximum Gasteiger partial charge on any atom is 0.367 e. The summed E-state index contributed by atoms with van der Waals surface area (Å²) in [6.45, 7) is 1.87. The second-order valence-corrected chi connectivity index (χ2v) is 5.19. The quantitative estimate of drug-likeness (QED) is 0.405. The minimum Gasteiger partial charge on any atom is -0.380 e. The van der Waals surface area contributed by atoms with Crippen LogP contribution in [-0.2, 0) is 4.84 Å². The summed E-state index contributed by atoms with van der Waals surface area (Å²) in [5.74, 6) is -0.597. The number of carbonyl (C=O) groups is 1. The first-order valence-electron chi connectivity index (χ1n) is 6.04. The molecule has 0 heterocycles. The van der Waals surface area contributed by atoms with E-state index in [1.54, 1.807) is 42.5 Å². The van der Waals surface area contributed by atoms with Crippen molar-refractivity contribution in [1.82, 2.24) is 0 Å². The van der Waals surface area contributed by atoms with Crippen molar-refractivity contribution in [1.29, 1.82) is 0 Å². The highest BCUT2D eigenvalue weighted by Gasteiger charge is 2.12. The molecule has 0 aliphatic carbocycles. The zero-order chi connectivity index (χ0) is 15.4. The number of oxime groups is 1. The molecule has 2 aromatic rings. The number of hydrogen-bond acceptors (Lipinski definition) is 3. The largest absolute Gasteiger partial charge is 0.380 e. The lowest BCUT2D eigenvalue weighted by Gasteiger charge is -2.03. The van der Waals surface area contributed by atoms with E-state index in [2.05, 4.69) is 5.16 Å². The van der Waals surface area contributed by atoms with Crippen LogP contribution < -0.4 is 5.73 Å². The predicted molar refractivity (Wildman–Crippen MR) is 83.8 cm³/mol. The number of amidine groups is 1. The minimum absolute atomic E-state index is 0.0725. The van der Waals surface area contributed by atoms with Crippen molar-refractivity contribution >= 4 is 35.0 Å². The first-order valence-corrected chi connectivity index (χ1v) is 6.80. The summed E-state index contributed by atoms with van der Waals surface area (Å²) >= 11 is 11.8. The Bertz CT molecular complexity index is 697. The standard InChI is InChI=1S/C15H12Cl2N2O2/c1-9-2-7-12(13(17)8-9)15(20)21-19-14(18)10-3-5-11(16)6-4-10/h2-8H,1H3,(H2,18,19). The van der Waals surface area contributed by atoms with E-state index >= 15 is 0 Å². The zero-order valence-corrected chi connectivity index (χ0v) is 12.7. The van der Waals surface area contributed by atoms with Gasteiger partial charge in [0.05, 0.1) is 10.6 Å². The SMILES string of the molecule is Cc1ccc(C(=O)O/N=C(/N)c2ccc(Cl)cc2)c(Cl)c1. The third kappa shape index (κ3) is 3.97. The van der Waals surface area contributed by atoms with E-state index < -0.39 is 5.97 Å². The van der Waals surface area contributed by atoms with Crippen molar-refractivity contribution < 1.29 is 9.63 Å². The van der Waals surface area contributed by atoms with Crippen LogP contribution in [0.2, 0.25) is 10.0 Å². The van der Waals surface area contributed by atoms with Gasteiger partial charge in [0.2, 0.25) is 0 Å². The topological polar surface area (TPSA) is 64.7 Å². The van der Waals surface area contributed by atoms with Gasteiger partial charge in [-0.2, -0.15) is 0 Å². The van der Waals surface area contributed by atoms with Gasteiger partial charge in [-0.1, -0.05) is 34.4 Å². The average Bonchev–Trinajstić information content (AvgIpc) is 2.45. The summed E-state index contributed by atoms with van der Waals surface area (Å²) in [5, 5.41) is 4.49. The number of rotatable bonds is 3. The second kappa shape index (κ2) is 6.61. The number of nitrogens with zero attached hydrogens (tertiary/aromatic N) is 1. The van der Waals surface area contributed by atoms with E-state index in [1.165, 1.54) is 0 Å². The van der Waals surface area contributed by atoms with Crippen molar-refractivity contribution in [2.75, 3.05) is 0 Å². The summed E-state index contributed by atoms with van der Waals surface area (Å²) < 4.78 is 0. The van der Waals surface area contributed by atoms with Crippen LogP contribution in [0, 0.1) is 6.92 Å². The maximum atomic E-state index is 11.9. The number of benzene rings is 2. The molecule has 0 aliphatic heterocycles. The predicted octanol–water partition coefficient (Wildman–Crippen LogP) is 3.78. The van der Waals surface area contributed by atoms with Gasteiger partial charge in [0.25, 0.3) is 0 Å². The smallest absolute Gasteiger partial charge is 0.367 e. The number of halogens is 2. The van der Waals surface area contributed by atoms with Crippen LogP contribution in [0.1, 0.15) is 21.5 Å². The van der Waals surface area contributed by atoms with E-state index in [0.29, 0.717) is 15.6 Å². The third-order valence-electron chi connectivity index (χ3n) is 2.71. The van der Waals surface area contributed by atoms with Gasteiger partial charge in [0.1, 0.15) is 0 Å². The first kappa shape index (κ1) is 15.4. The molecule has 0 saturated heterocycles. The first-order chi connectivity index (χ1) is 9.97. The number of aryl methyl sites for hydroxylation is 1. The summed E-state index contributed by atoms with van der Waals surface area (Å²) in [5.41, 5.74) is 7.51. The van der Waals surface area contributed by atoms with Crippen LogP contribution in [0.15, 0.2) is 47.6 Å². The van der Waals surface area contributed by atoms with Crippen molar-refractivity contribution in [2.45, 2.75) is 6.92 Å². The molecule has 6 heteroatoms. The van der Waals surface area contributed by atoms with Gasteiger partial charge in [-0.15, -0.1) is 0 Å². The van der Waals surface area contributed by atoms with Crippen LogP contribution in [0.4, 0.5) is 0 Å². The van der Waals surface area contributed by atoms with E-state index in [4.69, 9.17) is 33.8 Å². The summed E-state index contributed by atoms with van der Waals surface area (Å²) in [6, 6.07) is 11.7. The Labute approximate surface area is 132 Å². The fourth-order valence-electron chi connectivity index (χ4n) is 1.60. The highest BCUT2D eigenvalue weighted by atomic mass is 35.5. The van der Waals surface area contributed by atoms with Gasteiger partial charge < -0.3 is 10.6 Å². The van der Waals surface area contributed by atoms with E-state index in [9.17, 15) is 4.79 Å². The van der Waals surface area contributed by atoms with Crippen molar-refractivity contribution in [3.8, 4) is 0 Å². The van der Waals surface area contributed by atoms with Crippen molar-refractivity contribution in [3.63, 3.8) is 0 Å². The lowest BCUT2D eigenvalue weighted by Crippen LogP contribution is -2.15. The van der Waals surface area contributed by atoms with Gasteiger partial charge in [-0.05, 0) is 48.9 Å². The number of nitrogens with two attached hydrogens (primary N) is 1. The number of carbonyl (C=O) groups excluding carboxylic acids is 1. The molecule has 2 aromatic carbocycles. The molecule has 4 nitrogen and oxygen atoms in total. The van der Waals surface area contributed by atoms with Crippen LogP contribution in [-0.4, -0.2) is 11.8 Å². The Morgan fingerprint density at radius 3 is 2.43 bits per heavy atom. The molecular weight excluding hydrogens is 311 g/mol. The van der Waals surface area contributed by atoms with Crippen molar-refractivity contribution in [2.24, 2.45) is 10.9 Å². The van der Waals surface area contributed by atoms with Crippen LogP contribution >= 0.6 is 23.2 Å². The highest BCUT2D eigenvalue weighted by Crippen LogP contribution is 2.18. The fourth-order valence-corrected chi connectivity index (χ4v) is 2.04. The molecule has 0 fully saturated rings. The van der Waals surface area contributed by atoms with E-state index in [1.807, 2.05) is 6.92 Å². The molecule has 0 saturated carbocycles. The maximum absolute atomic E-state index is 11.9. The molecule has 0 atom stereocenters. The Kier molecular flexibility index (Phi) is 4.83. The summed E-state index contributed by atoms with van der Waals surface area (Å²) in [7, 11) is 0. The highest BCUT2D eigenvalue weighted by molar-refractivity contribution is 6.33. The molecule has 0 amide bonds. The van der Waals surface area contributed by atoms with E-state index in [-0.39, 0.29) is 11.4 Å². The second-order valence-electron chi connectivity index (χ2n) is 4.35. The average molecular weight is 323 g/mol.